The number of hydrogen-bond acceptors (Lipinski definition) is 3. The Bertz CT molecular complexity index is 428. The number of thioether (sulfide) groups is 1. The third kappa shape index (κ3) is 3.19. The van der Waals surface area contributed by atoms with Gasteiger partial charge in [-0.1, -0.05) is 11.6 Å². The van der Waals surface area contributed by atoms with Crippen molar-refractivity contribution in [2.75, 3.05) is 30.4 Å². The topological polar surface area (TPSA) is 41.1 Å². The smallest absolute Gasteiger partial charge is 0.253 e. The van der Waals surface area contributed by atoms with Gasteiger partial charge < -0.3 is 10.6 Å². The number of aryl methyl sites for hydroxylation is 1. The van der Waals surface area contributed by atoms with Crippen LogP contribution < -0.4 is 10.6 Å². The Hall–Kier alpha value is -1.16. The number of hydrogen-bond donors (Lipinski definition) is 2. The van der Waals surface area contributed by atoms with Gasteiger partial charge in [0.05, 0.1) is 5.56 Å². The van der Waals surface area contributed by atoms with E-state index in [1.165, 1.54) is 17.9 Å². The molecular formula is C14H20N2OS. The first-order chi connectivity index (χ1) is 8.70. The fourth-order valence-corrected chi connectivity index (χ4v) is 3.43. The van der Waals surface area contributed by atoms with Crippen LogP contribution in [0, 0.1) is 12.8 Å². The number of nitrogens with one attached hydrogen (secondary N) is 2. The number of benzene rings is 1. The van der Waals surface area contributed by atoms with Crippen molar-refractivity contribution in [1.29, 1.82) is 0 Å². The Morgan fingerprint density at radius 2 is 2.33 bits per heavy atom. The lowest BCUT2D eigenvalue weighted by atomic mass is 10.1. The van der Waals surface area contributed by atoms with Crippen molar-refractivity contribution < 1.29 is 4.79 Å². The lowest BCUT2D eigenvalue weighted by molar-refractivity contribution is 0.0949. The highest BCUT2D eigenvalue weighted by Crippen LogP contribution is 2.23. The molecule has 0 radical (unpaired) electrons. The van der Waals surface area contributed by atoms with Crippen LogP contribution in [0.3, 0.4) is 0 Å². The van der Waals surface area contributed by atoms with Crippen LogP contribution in [0.15, 0.2) is 18.2 Å². The molecule has 0 saturated carbocycles. The first kappa shape index (κ1) is 13.3. The first-order valence-corrected chi connectivity index (χ1v) is 7.50. The van der Waals surface area contributed by atoms with E-state index in [-0.39, 0.29) is 5.91 Å². The van der Waals surface area contributed by atoms with Gasteiger partial charge in [0.2, 0.25) is 0 Å². The van der Waals surface area contributed by atoms with Crippen molar-refractivity contribution in [2.45, 2.75) is 13.3 Å². The van der Waals surface area contributed by atoms with E-state index < -0.39 is 0 Å². The van der Waals surface area contributed by atoms with Crippen LogP contribution >= 0.6 is 11.8 Å². The van der Waals surface area contributed by atoms with Crippen LogP contribution in [0.4, 0.5) is 5.69 Å². The summed E-state index contributed by atoms with van der Waals surface area (Å²) in [5.41, 5.74) is 2.73. The van der Waals surface area contributed by atoms with Crippen LogP contribution in [0.1, 0.15) is 22.3 Å². The average Bonchev–Trinajstić information content (AvgIpc) is 2.89. The molecule has 4 heteroatoms. The maximum atomic E-state index is 12.2. The Kier molecular flexibility index (Phi) is 4.53. The maximum absolute atomic E-state index is 12.2. The van der Waals surface area contributed by atoms with Crippen molar-refractivity contribution >= 4 is 23.4 Å². The van der Waals surface area contributed by atoms with E-state index in [2.05, 4.69) is 10.6 Å². The van der Waals surface area contributed by atoms with E-state index >= 15 is 0 Å². The van der Waals surface area contributed by atoms with Gasteiger partial charge in [-0.15, -0.1) is 0 Å². The minimum atomic E-state index is 0.0277. The minimum Gasteiger partial charge on any atom is -0.387 e. The predicted molar refractivity (Wildman–Crippen MR) is 78.5 cm³/mol. The lowest BCUT2D eigenvalue weighted by Gasteiger charge is -2.13. The Morgan fingerprint density at radius 1 is 1.50 bits per heavy atom. The first-order valence-electron chi connectivity index (χ1n) is 6.35. The largest absolute Gasteiger partial charge is 0.387 e. The summed E-state index contributed by atoms with van der Waals surface area (Å²) in [5, 5.41) is 6.12. The van der Waals surface area contributed by atoms with Crippen LogP contribution in [0.5, 0.6) is 0 Å². The second-order valence-electron chi connectivity index (χ2n) is 4.74. The van der Waals surface area contributed by atoms with Gasteiger partial charge in [0.1, 0.15) is 0 Å². The average molecular weight is 264 g/mol. The van der Waals surface area contributed by atoms with Crippen LogP contribution in [0.2, 0.25) is 0 Å². The Balaban J connectivity index is 2.00. The molecule has 0 spiro atoms. The van der Waals surface area contributed by atoms with Gasteiger partial charge in [0, 0.05) is 19.3 Å². The highest BCUT2D eigenvalue weighted by molar-refractivity contribution is 7.99. The fourth-order valence-electron chi connectivity index (χ4n) is 2.14. The molecule has 1 fully saturated rings. The molecule has 1 aliphatic heterocycles. The summed E-state index contributed by atoms with van der Waals surface area (Å²) in [6.07, 6.45) is 1.22. The molecule has 1 heterocycles. The summed E-state index contributed by atoms with van der Waals surface area (Å²) in [6.45, 7) is 2.80. The van der Waals surface area contributed by atoms with E-state index in [4.69, 9.17) is 0 Å². The molecule has 0 aliphatic carbocycles. The Morgan fingerprint density at radius 3 is 3.00 bits per heavy atom. The van der Waals surface area contributed by atoms with E-state index in [1.54, 1.807) is 0 Å². The van der Waals surface area contributed by atoms with Gasteiger partial charge in [-0.3, -0.25) is 4.79 Å². The highest BCUT2D eigenvalue weighted by atomic mass is 32.2. The summed E-state index contributed by atoms with van der Waals surface area (Å²) in [5.74, 6) is 3.07. The van der Waals surface area contributed by atoms with E-state index in [0.29, 0.717) is 5.92 Å². The second kappa shape index (κ2) is 6.14. The van der Waals surface area contributed by atoms with Gasteiger partial charge in [0.15, 0.2) is 0 Å². The van der Waals surface area contributed by atoms with Crippen molar-refractivity contribution in [1.82, 2.24) is 5.32 Å². The number of anilines is 1. The molecule has 1 aliphatic rings. The van der Waals surface area contributed by atoms with Crippen molar-refractivity contribution in [2.24, 2.45) is 5.92 Å². The van der Waals surface area contributed by atoms with Gasteiger partial charge in [0.25, 0.3) is 5.91 Å². The zero-order chi connectivity index (χ0) is 13.0. The quantitative estimate of drug-likeness (QED) is 0.878. The van der Waals surface area contributed by atoms with Gasteiger partial charge in [-0.25, -0.2) is 0 Å². The molecule has 1 saturated heterocycles. The molecule has 98 valence electrons. The highest BCUT2D eigenvalue weighted by Gasteiger charge is 2.17. The third-order valence-electron chi connectivity index (χ3n) is 3.26. The van der Waals surface area contributed by atoms with Crippen molar-refractivity contribution in [3.8, 4) is 0 Å². The zero-order valence-electron chi connectivity index (χ0n) is 11.0. The number of carbonyl (C=O) groups excluding carboxylic acids is 1. The number of amides is 1. The van der Waals surface area contributed by atoms with Crippen LogP contribution in [-0.4, -0.2) is 31.0 Å². The molecule has 1 aromatic rings. The second-order valence-corrected chi connectivity index (χ2v) is 5.89. The molecule has 2 rings (SSSR count). The fraction of sp³-hybridized carbons (Fsp3) is 0.500. The maximum Gasteiger partial charge on any atom is 0.253 e. The van der Waals surface area contributed by atoms with Crippen LogP contribution in [0.25, 0.3) is 0 Å². The number of carbonyl (C=O) groups is 1. The summed E-state index contributed by atoms with van der Waals surface area (Å²) in [6, 6.07) is 5.90. The summed E-state index contributed by atoms with van der Waals surface area (Å²) < 4.78 is 0. The predicted octanol–water partition coefficient (Wildman–Crippen LogP) is 2.52. The van der Waals surface area contributed by atoms with Gasteiger partial charge >= 0.3 is 0 Å². The molecule has 1 unspecified atom stereocenters. The van der Waals surface area contributed by atoms with Gasteiger partial charge in [-0.05, 0) is 42.9 Å². The van der Waals surface area contributed by atoms with E-state index in [9.17, 15) is 4.79 Å². The molecule has 0 bridgehead atoms. The van der Waals surface area contributed by atoms with Crippen molar-refractivity contribution in [3.63, 3.8) is 0 Å². The monoisotopic (exact) mass is 264 g/mol. The summed E-state index contributed by atoms with van der Waals surface area (Å²) in [4.78, 5) is 12.2. The molecular weight excluding hydrogens is 244 g/mol. The molecule has 1 atom stereocenters. The van der Waals surface area contributed by atoms with Gasteiger partial charge in [-0.2, -0.15) is 11.8 Å². The molecule has 0 aromatic heterocycles. The van der Waals surface area contributed by atoms with Crippen LogP contribution in [-0.2, 0) is 0 Å². The lowest BCUT2D eigenvalue weighted by Crippen LogP contribution is -2.29. The molecule has 1 amide bonds. The molecule has 2 N–H and O–H groups in total. The normalized spacial score (nSPS) is 18.7. The van der Waals surface area contributed by atoms with Crippen molar-refractivity contribution in [3.05, 3.63) is 29.3 Å². The SMILES string of the molecule is CNc1ccc(C)cc1C(=O)NCC1CCSC1. The summed E-state index contributed by atoms with van der Waals surface area (Å²) in [7, 11) is 1.84. The molecule has 1 aromatic carbocycles. The zero-order valence-corrected chi connectivity index (χ0v) is 11.8. The standard InChI is InChI=1S/C14H20N2OS/c1-10-3-4-13(15-2)12(7-10)14(17)16-8-11-5-6-18-9-11/h3-4,7,11,15H,5-6,8-9H2,1-2H3,(H,16,17). The van der Waals surface area contributed by atoms with E-state index in [1.807, 2.05) is 43.9 Å². The molecule has 18 heavy (non-hydrogen) atoms. The third-order valence-corrected chi connectivity index (χ3v) is 4.50. The van der Waals surface area contributed by atoms with E-state index in [0.717, 1.165) is 23.4 Å². The number of rotatable bonds is 4. The minimum absolute atomic E-state index is 0.0277. The molecule has 3 nitrogen and oxygen atoms in total. The Labute approximate surface area is 113 Å². The summed E-state index contributed by atoms with van der Waals surface area (Å²) >= 11 is 1.98.